The third-order valence-electron chi connectivity index (χ3n) is 2.52. The highest BCUT2D eigenvalue weighted by molar-refractivity contribution is 7.13. The van der Waals surface area contributed by atoms with Crippen molar-refractivity contribution in [3.63, 3.8) is 0 Å². The smallest absolute Gasteiger partial charge is 0.115 e. The van der Waals surface area contributed by atoms with Crippen molar-refractivity contribution in [1.82, 2.24) is 3.90 Å². The monoisotopic (exact) mass is 202 g/mol. The van der Waals surface area contributed by atoms with Crippen LogP contribution in [0.5, 0.6) is 0 Å². The maximum Gasteiger partial charge on any atom is 0.115 e. The molecule has 65 valence electrons. The number of hydrogen-bond donors (Lipinski definition) is 0. The Morgan fingerprint density at radius 1 is 1.00 bits per heavy atom. The minimum absolute atomic E-state index is 0.133. The molecule has 11 heavy (non-hydrogen) atoms. The molecular weight excluding hydrogens is 182 g/mol. The van der Waals surface area contributed by atoms with Gasteiger partial charge in [0.1, 0.15) is 25.4 Å². The molecule has 1 radical (unpaired) electrons. The van der Waals surface area contributed by atoms with Gasteiger partial charge >= 0.3 is 0 Å². The van der Waals surface area contributed by atoms with Crippen LogP contribution in [0.15, 0.2) is 0 Å². The maximum absolute atomic E-state index is 2.98. The van der Waals surface area contributed by atoms with Crippen LogP contribution in [0.4, 0.5) is 0 Å². The largest absolute Gasteiger partial charge is 0.370 e. The molecule has 0 spiro atoms. The zero-order chi connectivity index (χ0) is 8.86. The highest BCUT2D eigenvalue weighted by Crippen LogP contribution is 2.39. The van der Waals surface area contributed by atoms with Gasteiger partial charge in [0.05, 0.1) is 0 Å². The van der Waals surface area contributed by atoms with E-state index >= 15 is 0 Å². The number of nitrogens with zero attached hydrogens (tertiary/aromatic N) is 1. The van der Waals surface area contributed by atoms with E-state index in [0.717, 1.165) is 0 Å². The summed E-state index contributed by atoms with van der Waals surface area (Å²) in [6, 6.07) is 0. The molecule has 0 N–H and O–H groups in total. The standard InChI is InChI=1S/C7H20NSi3/c1-9(2)8-10(3,4)7-11(8,5)6/h7H2,1-6H3. The predicted octanol–water partition coefficient (Wildman–Crippen LogP) is 2.50. The van der Waals surface area contributed by atoms with E-state index < -0.39 is 16.5 Å². The Labute approximate surface area is 74.7 Å². The van der Waals surface area contributed by atoms with Crippen LogP contribution < -0.4 is 0 Å². The molecule has 4 heteroatoms. The van der Waals surface area contributed by atoms with Crippen LogP contribution >= 0.6 is 0 Å². The van der Waals surface area contributed by atoms with E-state index in [1.807, 2.05) is 0 Å². The van der Waals surface area contributed by atoms with Crippen LogP contribution in [0.1, 0.15) is 0 Å². The Bertz CT molecular complexity index is 151. The molecule has 0 aromatic rings. The van der Waals surface area contributed by atoms with E-state index in [0.29, 0.717) is 0 Å². The summed E-state index contributed by atoms with van der Waals surface area (Å²) >= 11 is 0. The molecule has 1 heterocycles. The molecule has 0 unspecified atom stereocenters. The summed E-state index contributed by atoms with van der Waals surface area (Å²) in [5, 5.41) is 0. The zero-order valence-electron chi connectivity index (χ0n) is 8.65. The molecule has 1 aliphatic heterocycles. The summed E-state index contributed by atoms with van der Waals surface area (Å²) < 4.78 is 2.98. The van der Waals surface area contributed by atoms with Crippen LogP contribution in [0, 0.1) is 0 Å². The first-order chi connectivity index (χ1) is 4.77. The average molecular weight is 203 g/mol. The van der Waals surface area contributed by atoms with Gasteiger partial charge in [0.15, 0.2) is 0 Å². The SMILES string of the molecule is C[Si](C)N1[Si](C)(C)C[Si]1(C)C. The second kappa shape index (κ2) is 2.55. The van der Waals surface area contributed by atoms with Gasteiger partial charge in [-0.2, -0.15) is 0 Å². The second-order valence-electron chi connectivity index (χ2n) is 5.08. The summed E-state index contributed by atoms with van der Waals surface area (Å²) in [6.07, 6.45) is 0. The molecule has 1 aliphatic rings. The minimum atomic E-state index is -0.838. The highest BCUT2D eigenvalue weighted by atomic mass is 28.5. The molecule has 0 amide bonds. The van der Waals surface area contributed by atoms with Crippen LogP contribution in [-0.4, -0.2) is 29.3 Å². The maximum atomic E-state index is 2.98. The Kier molecular flexibility index (Phi) is 2.25. The van der Waals surface area contributed by atoms with Crippen molar-refractivity contribution in [1.29, 1.82) is 0 Å². The lowest BCUT2D eigenvalue weighted by Gasteiger charge is -2.61. The van der Waals surface area contributed by atoms with Crippen LogP contribution in [0.2, 0.25) is 44.9 Å². The summed E-state index contributed by atoms with van der Waals surface area (Å²) in [5.74, 6) is 0. The molecule has 0 aliphatic carbocycles. The Morgan fingerprint density at radius 3 is 1.45 bits per heavy atom. The van der Waals surface area contributed by atoms with Gasteiger partial charge in [0.25, 0.3) is 0 Å². The van der Waals surface area contributed by atoms with E-state index in [4.69, 9.17) is 0 Å². The van der Waals surface area contributed by atoms with Gasteiger partial charge in [-0.25, -0.2) is 0 Å². The molecule has 1 saturated heterocycles. The van der Waals surface area contributed by atoms with Gasteiger partial charge in [0, 0.05) is 0 Å². The van der Waals surface area contributed by atoms with E-state index in [2.05, 4.69) is 43.2 Å². The normalized spacial score (nSPS) is 28.6. The van der Waals surface area contributed by atoms with Crippen molar-refractivity contribution in [2.24, 2.45) is 0 Å². The quantitative estimate of drug-likeness (QED) is 0.591. The van der Waals surface area contributed by atoms with Crippen LogP contribution in [0.3, 0.4) is 0 Å². The number of rotatable bonds is 1. The topological polar surface area (TPSA) is 3.24 Å². The molecule has 0 aromatic heterocycles. The molecule has 1 rings (SSSR count). The first kappa shape index (κ1) is 9.70. The van der Waals surface area contributed by atoms with Crippen molar-refractivity contribution in [2.45, 2.75) is 44.9 Å². The lowest BCUT2D eigenvalue weighted by Crippen LogP contribution is -2.78. The summed E-state index contributed by atoms with van der Waals surface area (Å²) in [5.41, 5.74) is 1.62. The fourth-order valence-electron chi connectivity index (χ4n) is 3.16. The Balaban J connectivity index is 2.73. The second-order valence-corrected chi connectivity index (χ2v) is 18.3. The minimum Gasteiger partial charge on any atom is -0.370 e. The average Bonchev–Trinajstić information content (AvgIpc) is 1.53. The van der Waals surface area contributed by atoms with Crippen molar-refractivity contribution >= 4 is 25.4 Å². The summed E-state index contributed by atoms with van der Waals surface area (Å²) in [6.45, 7) is 15.0. The fourth-order valence-corrected chi connectivity index (χ4v) is 29.8. The summed E-state index contributed by atoms with van der Waals surface area (Å²) in [7, 11) is -1.81. The van der Waals surface area contributed by atoms with Gasteiger partial charge in [-0.05, 0) is 5.67 Å². The van der Waals surface area contributed by atoms with E-state index in [1.165, 1.54) is 0 Å². The third-order valence-corrected chi connectivity index (χ3v) is 22.7. The lowest BCUT2D eigenvalue weighted by molar-refractivity contribution is 0.850. The third kappa shape index (κ3) is 1.54. The van der Waals surface area contributed by atoms with Gasteiger partial charge in [0.2, 0.25) is 0 Å². The van der Waals surface area contributed by atoms with E-state index in [1.54, 1.807) is 5.67 Å². The highest BCUT2D eigenvalue weighted by Gasteiger charge is 2.54. The van der Waals surface area contributed by atoms with Crippen LogP contribution in [-0.2, 0) is 0 Å². The number of hydrogen-bond acceptors (Lipinski definition) is 1. The van der Waals surface area contributed by atoms with Crippen LogP contribution in [0.25, 0.3) is 0 Å². The first-order valence-electron chi connectivity index (χ1n) is 4.38. The van der Waals surface area contributed by atoms with Gasteiger partial charge in [-0.1, -0.05) is 39.3 Å². The Morgan fingerprint density at radius 2 is 1.36 bits per heavy atom. The van der Waals surface area contributed by atoms with Gasteiger partial charge in [-0.3, -0.25) is 0 Å². The van der Waals surface area contributed by atoms with Crippen molar-refractivity contribution < 1.29 is 0 Å². The van der Waals surface area contributed by atoms with Crippen molar-refractivity contribution in [3.05, 3.63) is 0 Å². The van der Waals surface area contributed by atoms with Gasteiger partial charge in [-0.15, -0.1) is 0 Å². The van der Waals surface area contributed by atoms with E-state index in [9.17, 15) is 0 Å². The lowest BCUT2D eigenvalue weighted by atomic mass is 11.8. The molecule has 0 atom stereocenters. The predicted molar refractivity (Wildman–Crippen MR) is 59.1 cm³/mol. The summed E-state index contributed by atoms with van der Waals surface area (Å²) in [4.78, 5) is 0. The molecular formula is C7H20NSi3. The van der Waals surface area contributed by atoms with Gasteiger partial charge < -0.3 is 3.90 Å². The van der Waals surface area contributed by atoms with E-state index in [-0.39, 0.29) is 8.96 Å². The van der Waals surface area contributed by atoms with Crippen molar-refractivity contribution in [2.75, 3.05) is 0 Å². The molecule has 0 saturated carbocycles. The molecule has 0 aromatic carbocycles. The Hall–Kier alpha value is 0.611. The fraction of sp³-hybridized carbons (Fsp3) is 1.00. The molecule has 1 nitrogen and oxygen atoms in total. The molecule has 1 fully saturated rings. The first-order valence-corrected chi connectivity index (χ1v) is 13.1. The molecule has 0 bridgehead atoms. The van der Waals surface area contributed by atoms with Crippen molar-refractivity contribution in [3.8, 4) is 0 Å². The zero-order valence-corrected chi connectivity index (χ0v) is 11.7.